The van der Waals surface area contributed by atoms with Crippen LogP contribution in [-0.4, -0.2) is 21.8 Å². The van der Waals surface area contributed by atoms with Crippen LogP contribution in [0.15, 0.2) is 81.0 Å². The van der Waals surface area contributed by atoms with Crippen LogP contribution in [0.1, 0.15) is 33.5 Å². The predicted octanol–water partition coefficient (Wildman–Crippen LogP) is 6.04. The van der Waals surface area contributed by atoms with E-state index in [9.17, 15) is 14.7 Å². The van der Waals surface area contributed by atoms with Gasteiger partial charge in [0.2, 0.25) is 5.78 Å². The zero-order valence-corrected chi connectivity index (χ0v) is 19.1. The average molecular weight is 471 g/mol. The number of benzene rings is 2. The van der Waals surface area contributed by atoms with Crippen LogP contribution in [-0.2, 0) is 4.79 Å². The molecule has 5 aromatic rings. The van der Waals surface area contributed by atoms with Crippen molar-refractivity contribution in [3.05, 3.63) is 94.8 Å². The van der Waals surface area contributed by atoms with Crippen molar-refractivity contribution in [1.29, 1.82) is 0 Å². The number of carbonyl (C=O) groups excluding carboxylic acids is 2. The Balaban J connectivity index is 1.50. The van der Waals surface area contributed by atoms with Crippen LogP contribution in [0.2, 0.25) is 0 Å². The number of ketones is 1. The summed E-state index contributed by atoms with van der Waals surface area (Å²) in [5.74, 6) is -1.57. The number of nitrogens with zero attached hydrogens (tertiary/aromatic N) is 2. The molecule has 34 heavy (non-hydrogen) atoms. The van der Waals surface area contributed by atoms with Crippen LogP contribution in [0, 0.1) is 13.8 Å². The normalized spacial score (nSPS) is 16.4. The van der Waals surface area contributed by atoms with E-state index in [0.29, 0.717) is 16.5 Å². The summed E-state index contributed by atoms with van der Waals surface area (Å²) in [6.07, 6.45) is 1.46. The van der Waals surface area contributed by atoms with E-state index in [1.165, 1.54) is 22.5 Å². The molecule has 1 amide bonds. The molecule has 0 fully saturated rings. The summed E-state index contributed by atoms with van der Waals surface area (Å²) < 4.78 is 12.3. The minimum absolute atomic E-state index is 0.0322. The van der Waals surface area contributed by atoms with Crippen LogP contribution in [0.5, 0.6) is 0 Å². The maximum atomic E-state index is 13.6. The number of hydrogen-bond donors (Lipinski definition) is 1. The molecule has 1 aliphatic rings. The van der Waals surface area contributed by atoms with Gasteiger partial charge in [0.05, 0.1) is 22.1 Å². The molecule has 8 heteroatoms. The van der Waals surface area contributed by atoms with Crippen molar-refractivity contribution < 1.29 is 23.5 Å². The molecular weight excluding hydrogens is 452 g/mol. The van der Waals surface area contributed by atoms with Crippen molar-refractivity contribution in [2.75, 3.05) is 4.90 Å². The molecule has 3 aromatic heterocycles. The number of thiazole rings is 1. The molecule has 1 atom stereocenters. The van der Waals surface area contributed by atoms with Gasteiger partial charge in [-0.3, -0.25) is 14.5 Å². The van der Waals surface area contributed by atoms with Crippen molar-refractivity contribution in [3.8, 4) is 0 Å². The zero-order valence-electron chi connectivity index (χ0n) is 18.2. The predicted molar refractivity (Wildman–Crippen MR) is 128 cm³/mol. The lowest BCUT2D eigenvalue weighted by Gasteiger charge is -2.21. The minimum Gasteiger partial charge on any atom is -0.503 e. The second-order valence-electron chi connectivity index (χ2n) is 8.26. The number of carbonyl (C=O) groups is 2. The maximum Gasteiger partial charge on any atom is 0.296 e. The maximum absolute atomic E-state index is 13.6. The van der Waals surface area contributed by atoms with Crippen molar-refractivity contribution in [1.82, 2.24) is 4.98 Å². The van der Waals surface area contributed by atoms with Crippen molar-refractivity contribution in [3.63, 3.8) is 0 Å². The summed E-state index contributed by atoms with van der Waals surface area (Å²) in [5, 5.41) is 12.0. The topological polar surface area (TPSA) is 96.8 Å². The standard InChI is InChI=1S/C26H18N2O5S/c1-13-10-14(2)21-19(11-13)34-26(27-21)28-22(17-8-5-9-32-17)20(24(30)25(28)31)23(29)18-12-15-6-3-4-7-16(15)33-18/h3-12,22,30H,1-2H3. The van der Waals surface area contributed by atoms with Gasteiger partial charge in [-0.05, 0) is 55.3 Å². The molecule has 0 radical (unpaired) electrons. The lowest BCUT2D eigenvalue weighted by molar-refractivity contribution is -0.117. The summed E-state index contributed by atoms with van der Waals surface area (Å²) in [6.45, 7) is 3.96. The summed E-state index contributed by atoms with van der Waals surface area (Å²) in [4.78, 5) is 32.9. The van der Waals surface area contributed by atoms with Gasteiger partial charge in [-0.1, -0.05) is 35.6 Å². The van der Waals surface area contributed by atoms with E-state index in [1.54, 1.807) is 30.3 Å². The van der Waals surface area contributed by atoms with E-state index in [0.717, 1.165) is 26.7 Å². The number of fused-ring (bicyclic) bond motifs is 2. The minimum atomic E-state index is -0.981. The number of anilines is 1. The first-order chi connectivity index (χ1) is 16.4. The van der Waals surface area contributed by atoms with E-state index in [2.05, 4.69) is 0 Å². The monoisotopic (exact) mass is 470 g/mol. The number of aryl methyl sites for hydroxylation is 2. The number of rotatable bonds is 4. The number of aromatic nitrogens is 1. The molecule has 0 aliphatic carbocycles. The lowest BCUT2D eigenvalue weighted by atomic mass is 10.00. The van der Waals surface area contributed by atoms with Crippen LogP contribution in [0.4, 0.5) is 5.13 Å². The average Bonchev–Trinajstić information content (AvgIpc) is 3.59. The molecule has 0 saturated carbocycles. The molecule has 6 rings (SSSR count). The highest BCUT2D eigenvalue weighted by Gasteiger charge is 2.48. The lowest BCUT2D eigenvalue weighted by Crippen LogP contribution is -2.30. The molecule has 2 aromatic carbocycles. The van der Waals surface area contributed by atoms with Gasteiger partial charge in [0.15, 0.2) is 16.7 Å². The second kappa shape index (κ2) is 7.43. The molecule has 1 unspecified atom stereocenters. The number of hydrogen-bond acceptors (Lipinski definition) is 7. The Morgan fingerprint density at radius 1 is 1.12 bits per heavy atom. The molecule has 0 bridgehead atoms. The summed E-state index contributed by atoms with van der Waals surface area (Å²) >= 11 is 1.32. The fourth-order valence-electron chi connectivity index (χ4n) is 4.44. The van der Waals surface area contributed by atoms with Crippen LogP contribution in [0.25, 0.3) is 21.2 Å². The Morgan fingerprint density at radius 3 is 2.71 bits per heavy atom. The van der Waals surface area contributed by atoms with Crippen LogP contribution >= 0.6 is 11.3 Å². The molecule has 4 heterocycles. The Kier molecular flexibility index (Phi) is 4.46. The fourth-order valence-corrected chi connectivity index (χ4v) is 5.61. The molecule has 168 valence electrons. The number of Topliss-reactive ketones (excluding diaryl/α,β-unsaturated/α-hetero) is 1. The Labute approximate surface area is 197 Å². The molecule has 1 aliphatic heterocycles. The van der Waals surface area contributed by atoms with Gasteiger partial charge < -0.3 is 13.9 Å². The zero-order chi connectivity index (χ0) is 23.6. The van der Waals surface area contributed by atoms with E-state index in [-0.39, 0.29) is 11.3 Å². The first kappa shape index (κ1) is 20.4. The number of aliphatic hydroxyl groups is 1. The first-order valence-electron chi connectivity index (χ1n) is 10.6. The smallest absolute Gasteiger partial charge is 0.296 e. The highest BCUT2D eigenvalue weighted by Crippen LogP contribution is 2.45. The van der Waals surface area contributed by atoms with Gasteiger partial charge in [-0.2, -0.15) is 0 Å². The van der Waals surface area contributed by atoms with E-state index in [1.807, 2.05) is 38.1 Å². The van der Waals surface area contributed by atoms with Gasteiger partial charge in [-0.15, -0.1) is 0 Å². The molecule has 0 saturated heterocycles. The van der Waals surface area contributed by atoms with E-state index >= 15 is 0 Å². The van der Waals surface area contributed by atoms with Gasteiger partial charge in [0.25, 0.3) is 5.91 Å². The second-order valence-corrected chi connectivity index (χ2v) is 9.27. The van der Waals surface area contributed by atoms with Crippen LogP contribution in [0.3, 0.4) is 0 Å². The number of amides is 1. The van der Waals surface area contributed by atoms with Crippen molar-refractivity contribution in [2.45, 2.75) is 19.9 Å². The van der Waals surface area contributed by atoms with Gasteiger partial charge in [-0.25, -0.2) is 4.98 Å². The molecule has 7 nitrogen and oxygen atoms in total. The molecule has 0 spiro atoms. The van der Waals surface area contributed by atoms with Gasteiger partial charge in [0, 0.05) is 5.39 Å². The largest absolute Gasteiger partial charge is 0.503 e. The third-order valence-electron chi connectivity index (χ3n) is 5.94. The van der Waals surface area contributed by atoms with Gasteiger partial charge in [0.1, 0.15) is 17.4 Å². The van der Waals surface area contributed by atoms with Gasteiger partial charge >= 0.3 is 0 Å². The highest BCUT2D eigenvalue weighted by molar-refractivity contribution is 7.22. The van der Waals surface area contributed by atoms with E-state index in [4.69, 9.17) is 13.8 Å². The van der Waals surface area contributed by atoms with Crippen molar-refractivity contribution >= 4 is 49.3 Å². The molecular formula is C26H18N2O5S. The molecule has 1 N–H and O–H groups in total. The third kappa shape index (κ3) is 2.99. The Morgan fingerprint density at radius 2 is 1.94 bits per heavy atom. The number of furan rings is 2. The number of para-hydroxylation sites is 1. The quantitative estimate of drug-likeness (QED) is 0.322. The van der Waals surface area contributed by atoms with Crippen molar-refractivity contribution in [2.24, 2.45) is 0 Å². The Bertz CT molecular complexity index is 1610. The number of aliphatic hydroxyl groups excluding tert-OH is 1. The highest BCUT2D eigenvalue weighted by atomic mass is 32.1. The Hall–Kier alpha value is -4.17. The summed E-state index contributed by atoms with van der Waals surface area (Å²) in [6, 6.07) is 15.2. The SMILES string of the molecule is Cc1cc(C)c2nc(N3C(=O)C(O)=C(C(=O)c4cc5ccccc5o4)C3c3ccco3)sc2c1. The van der Waals surface area contributed by atoms with Crippen LogP contribution < -0.4 is 4.90 Å². The summed E-state index contributed by atoms with van der Waals surface area (Å²) in [5.41, 5.74) is 3.27. The third-order valence-corrected chi connectivity index (χ3v) is 6.94. The first-order valence-corrected chi connectivity index (χ1v) is 11.4. The summed E-state index contributed by atoms with van der Waals surface area (Å²) in [7, 11) is 0. The fraction of sp³-hybridized carbons (Fsp3) is 0.115. The van der Waals surface area contributed by atoms with E-state index < -0.39 is 23.5 Å².